The fourth-order valence-corrected chi connectivity index (χ4v) is 2.81. The topological polar surface area (TPSA) is 31.2 Å². The Balaban J connectivity index is 1.65. The first kappa shape index (κ1) is 15.6. The van der Waals surface area contributed by atoms with E-state index in [1.165, 1.54) is 5.56 Å². The van der Waals surface area contributed by atoms with E-state index in [1.807, 2.05) is 48.7 Å². The molecule has 2 aromatic carbocycles. The van der Waals surface area contributed by atoms with E-state index in [0.717, 1.165) is 35.9 Å². The number of aryl methyl sites for hydroxylation is 2. The van der Waals surface area contributed by atoms with Crippen LogP contribution < -0.4 is 4.74 Å². The van der Waals surface area contributed by atoms with Crippen LogP contribution in [0.3, 0.4) is 0 Å². The average Bonchev–Trinajstić information content (AvgIpc) is 2.90. The van der Waals surface area contributed by atoms with Gasteiger partial charge in [0.25, 0.3) is 0 Å². The molecule has 0 unspecified atom stereocenters. The lowest BCUT2D eigenvalue weighted by molar-refractivity contribution is 0.112. The third-order valence-corrected chi connectivity index (χ3v) is 4.07. The van der Waals surface area contributed by atoms with Crippen molar-refractivity contribution in [3.05, 3.63) is 64.8 Å². The molecule has 0 aliphatic carbocycles. The maximum absolute atomic E-state index is 11.2. The Morgan fingerprint density at radius 2 is 1.96 bits per heavy atom. The van der Waals surface area contributed by atoms with Gasteiger partial charge in [0.15, 0.2) is 6.29 Å². The van der Waals surface area contributed by atoms with Crippen molar-refractivity contribution in [2.24, 2.45) is 0 Å². The molecule has 118 valence electrons. The largest absolute Gasteiger partial charge is 0.494 e. The third kappa shape index (κ3) is 3.57. The zero-order chi connectivity index (χ0) is 16.2. The monoisotopic (exact) mass is 327 g/mol. The smallest absolute Gasteiger partial charge is 0.152 e. The predicted molar refractivity (Wildman–Crippen MR) is 93.6 cm³/mol. The van der Waals surface area contributed by atoms with E-state index < -0.39 is 0 Å². The molecule has 0 spiro atoms. The maximum atomic E-state index is 11.2. The number of hydrogen-bond acceptors (Lipinski definition) is 2. The Labute approximate surface area is 140 Å². The molecule has 0 saturated heterocycles. The number of rotatable bonds is 6. The van der Waals surface area contributed by atoms with Gasteiger partial charge in [0.2, 0.25) is 0 Å². The van der Waals surface area contributed by atoms with Gasteiger partial charge in [-0.3, -0.25) is 4.79 Å². The van der Waals surface area contributed by atoms with Gasteiger partial charge in [-0.25, -0.2) is 0 Å². The summed E-state index contributed by atoms with van der Waals surface area (Å²) in [6.45, 7) is 3.47. The summed E-state index contributed by atoms with van der Waals surface area (Å²) >= 11 is 6.02. The molecule has 0 N–H and O–H groups in total. The Bertz CT molecular complexity index is 821. The van der Waals surface area contributed by atoms with E-state index in [9.17, 15) is 4.79 Å². The summed E-state index contributed by atoms with van der Waals surface area (Å²) in [6.07, 6.45) is 3.61. The SMILES string of the molecule is Cc1ccc(OCCCn2cc(C=O)c3cc(Cl)ccc32)cc1. The van der Waals surface area contributed by atoms with Crippen molar-refractivity contribution in [2.45, 2.75) is 19.9 Å². The maximum Gasteiger partial charge on any atom is 0.152 e. The minimum absolute atomic E-state index is 0.632. The Hall–Kier alpha value is -2.26. The van der Waals surface area contributed by atoms with Crippen LogP contribution in [0.25, 0.3) is 10.9 Å². The molecule has 3 nitrogen and oxygen atoms in total. The number of hydrogen-bond donors (Lipinski definition) is 0. The molecule has 0 aliphatic rings. The van der Waals surface area contributed by atoms with Gasteiger partial charge in [-0.2, -0.15) is 0 Å². The highest BCUT2D eigenvalue weighted by Gasteiger charge is 2.08. The zero-order valence-corrected chi connectivity index (χ0v) is 13.7. The first-order valence-corrected chi connectivity index (χ1v) is 7.98. The second-order valence-electron chi connectivity index (χ2n) is 5.57. The predicted octanol–water partition coefficient (Wildman–Crippen LogP) is 4.88. The van der Waals surface area contributed by atoms with Crippen molar-refractivity contribution >= 4 is 28.8 Å². The van der Waals surface area contributed by atoms with Crippen LogP contribution in [0.2, 0.25) is 5.02 Å². The van der Waals surface area contributed by atoms with Crippen LogP contribution in [0, 0.1) is 6.92 Å². The van der Waals surface area contributed by atoms with Gasteiger partial charge in [-0.15, -0.1) is 0 Å². The minimum atomic E-state index is 0.632. The first-order chi connectivity index (χ1) is 11.2. The molecule has 0 saturated carbocycles. The van der Waals surface area contributed by atoms with Crippen LogP contribution in [0.5, 0.6) is 5.75 Å². The van der Waals surface area contributed by atoms with Gasteiger partial charge in [-0.05, 0) is 43.7 Å². The molecular weight excluding hydrogens is 310 g/mol. The molecule has 4 heteroatoms. The van der Waals surface area contributed by atoms with Crippen molar-refractivity contribution < 1.29 is 9.53 Å². The van der Waals surface area contributed by atoms with Crippen LogP contribution in [0.4, 0.5) is 0 Å². The summed E-state index contributed by atoms with van der Waals surface area (Å²) in [6, 6.07) is 13.7. The van der Waals surface area contributed by atoms with Gasteiger partial charge in [0.1, 0.15) is 5.75 Å². The molecule has 1 aromatic heterocycles. The molecule has 0 amide bonds. The van der Waals surface area contributed by atoms with E-state index in [4.69, 9.17) is 16.3 Å². The summed E-state index contributed by atoms with van der Waals surface area (Å²) in [5, 5.41) is 1.54. The molecular formula is C19H18ClNO2. The highest BCUT2D eigenvalue weighted by molar-refractivity contribution is 6.31. The third-order valence-electron chi connectivity index (χ3n) is 3.83. The molecule has 0 radical (unpaired) electrons. The van der Waals surface area contributed by atoms with Crippen molar-refractivity contribution in [2.75, 3.05) is 6.61 Å². The van der Waals surface area contributed by atoms with E-state index >= 15 is 0 Å². The second-order valence-corrected chi connectivity index (χ2v) is 6.01. The quantitative estimate of drug-likeness (QED) is 0.477. The number of carbonyl (C=O) groups excluding carboxylic acids is 1. The second kappa shape index (κ2) is 6.88. The van der Waals surface area contributed by atoms with Crippen LogP contribution >= 0.6 is 11.6 Å². The van der Waals surface area contributed by atoms with Gasteiger partial charge in [0, 0.05) is 34.2 Å². The number of benzene rings is 2. The van der Waals surface area contributed by atoms with E-state index in [-0.39, 0.29) is 0 Å². The van der Waals surface area contributed by atoms with Crippen molar-refractivity contribution in [3.63, 3.8) is 0 Å². The van der Waals surface area contributed by atoms with Gasteiger partial charge in [-0.1, -0.05) is 29.3 Å². The standard InChI is InChI=1S/C19H18ClNO2/c1-14-3-6-17(7-4-14)23-10-2-9-21-12-15(13-22)18-11-16(20)5-8-19(18)21/h3-8,11-13H,2,9-10H2,1H3. The van der Waals surface area contributed by atoms with Gasteiger partial charge >= 0.3 is 0 Å². The number of fused-ring (bicyclic) bond motifs is 1. The summed E-state index contributed by atoms with van der Waals surface area (Å²) in [4.78, 5) is 11.2. The summed E-state index contributed by atoms with van der Waals surface area (Å²) < 4.78 is 7.82. The Morgan fingerprint density at radius 3 is 2.70 bits per heavy atom. The number of ether oxygens (including phenoxy) is 1. The zero-order valence-electron chi connectivity index (χ0n) is 13.0. The van der Waals surface area contributed by atoms with Crippen molar-refractivity contribution in [1.29, 1.82) is 0 Å². The molecule has 1 heterocycles. The molecule has 0 aliphatic heterocycles. The van der Waals surface area contributed by atoms with Crippen LogP contribution in [0.15, 0.2) is 48.7 Å². The molecule has 3 aromatic rings. The minimum Gasteiger partial charge on any atom is -0.494 e. The first-order valence-electron chi connectivity index (χ1n) is 7.60. The average molecular weight is 328 g/mol. The molecule has 3 rings (SSSR count). The lowest BCUT2D eigenvalue weighted by Gasteiger charge is -2.08. The van der Waals surface area contributed by atoms with Crippen LogP contribution in [-0.4, -0.2) is 17.5 Å². The van der Waals surface area contributed by atoms with Crippen LogP contribution in [-0.2, 0) is 6.54 Å². The number of aromatic nitrogens is 1. The fraction of sp³-hybridized carbons (Fsp3) is 0.211. The number of aldehydes is 1. The van der Waals surface area contributed by atoms with Crippen LogP contribution in [0.1, 0.15) is 22.3 Å². The summed E-state index contributed by atoms with van der Waals surface area (Å²) in [5.41, 5.74) is 2.91. The summed E-state index contributed by atoms with van der Waals surface area (Å²) in [7, 11) is 0. The molecule has 0 bridgehead atoms. The fourth-order valence-electron chi connectivity index (χ4n) is 2.64. The number of halogens is 1. The van der Waals surface area contributed by atoms with E-state index in [0.29, 0.717) is 17.2 Å². The summed E-state index contributed by atoms with van der Waals surface area (Å²) in [5.74, 6) is 0.883. The lowest BCUT2D eigenvalue weighted by atomic mass is 10.2. The molecule has 0 atom stereocenters. The molecule has 23 heavy (non-hydrogen) atoms. The number of nitrogens with zero attached hydrogens (tertiary/aromatic N) is 1. The van der Waals surface area contributed by atoms with Crippen molar-refractivity contribution in [1.82, 2.24) is 4.57 Å². The Kier molecular flexibility index (Phi) is 4.68. The lowest BCUT2D eigenvalue weighted by Crippen LogP contribution is -2.03. The highest BCUT2D eigenvalue weighted by atomic mass is 35.5. The number of carbonyl (C=O) groups is 1. The van der Waals surface area contributed by atoms with E-state index in [2.05, 4.69) is 11.5 Å². The van der Waals surface area contributed by atoms with Gasteiger partial charge in [0.05, 0.1) is 6.61 Å². The normalized spacial score (nSPS) is 10.9. The molecule has 0 fully saturated rings. The van der Waals surface area contributed by atoms with Crippen molar-refractivity contribution in [3.8, 4) is 5.75 Å². The van der Waals surface area contributed by atoms with E-state index in [1.54, 1.807) is 0 Å². The van der Waals surface area contributed by atoms with Gasteiger partial charge < -0.3 is 9.30 Å². The Morgan fingerprint density at radius 1 is 1.17 bits per heavy atom. The highest BCUT2D eigenvalue weighted by Crippen LogP contribution is 2.24.